The highest BCUT2D eigenvalue weighted by molar-refractivity contribution is 7.01. The quantitative estimate of drug-likeness (QED) is 0.555. The molecule has 1 unspecified atom stereocenters. The van der Waals surface area contributed by atoms with Crippen LogP contribution in [-0.2, 0) is 0 Å². The predicted molar refractivity (Wildman–Crippen MR) is 58.6 cm³/mol. The molecule has 1 heterocycles. The second kappa shape index (κ2) is 2.73. The van der Waals surface area contributed by atoms with Crippen LogP contribution in [0.3, 0.4) is 0 Å². The van der Waals surface area contributed by atoms with Crippen LogP contribution in [0.5, 0.6) is 0 Å². The van der Waals surface area contributed by atoms with Crippen LogP contribution in [-0.4, -0.2) is 16.1 Å². The van der Waals surface area contributed by atoms with Gasteiger partial charge in [0.05, 0.1) is 0 Å². The summed E-state index contributed by atoms with van der Waals surface area (Å²) < 4.78 is 46.8. The first-order valence-electron chi connectivity index (χ1n) is 7.40. The zero-order valence-corrected chi connectivity index (χ0v) is 9.70. The van der Waals surface area contributed by atoms with Gasteiger partial charge in [-0.15, -0.1) is 0 Å². The molecule has 1 fully saturated rings. The van der Waals surface area contributed by atoms with Gasteiger partial charge in [-0.1, -0.05) is 51.5 Å². The SMILES string of the molecule is [2H]C([2H])([2H])[Si]1(C([2H])([2H])[2H])CC[Si](C)(C)C1CC. The molecular formula is C9H22Si2. The molecule has 1 aliphatic rings. The maximum absolute atomic E-state index is 7.80. The Morgan fingerprint density at radius 1 is 1.27 bits per heavy atom. The van der Waals surface area contributed by atoms with Crippen molar-refractivity contribution in [3.8, 4) is 0 Å². The van der Waals surface area contributed by atoms with Crippen LogP contribution in [0.25, 0.3) is 0 Å². The Kier molecular flexibility index (Phi) is 1.02. The predicted octanol–water partition coefficient (Wildman–Crippen LogP) is 3.74. The van der Waals surface area contributed by atoms with Crippen LogP contribution >= 0.6 is 0 Å². The molecule has 1 atom stereocenters. The molecule has 1 saturated heterocycles. The topological polar surface area (TPSA) is 0 Å². The average molecular weight is 192 g/mol. The molecule has 0 radical (unpaired) electrons. The smallest absolute Gasteiger partial charge is 0.0475 e. The summed E-state index contributed by atoms with van der Waals surface area (Å²) >= 11 is 0. The van der Waals surface area contributed by atoms with E-state index in [0.29, 0.717) is 6.04 Å². The van der Waals surface area contributed by atoms with Crippen LogP contribution in [0.1, 0.15) is 21.6 Å². The van der Waals surface area contributed by atoms with E-state index in [9.17, 15) is 0 Å². The van der Waals surface area contributed by atoms with Crippen LogP contribution in [0.2, 0.25) is 43.3 Å². The summed E-state index contributed by atoms with van der Waals surface area (Å²) in [4.78, 5) is 0. The molecule has 11 heavy (non-hydrogen) atoms. The van der Waals surface area contributed by atoms with E-state index in [2.05, 4.69) is 13.1 Å². The summed E-state index contributed by atoms with van der Waals surface area (Å²) in [5.41, 5.74) is 0. The van der Waals surface area contributed by atoms with E-state index in [0.717, 1.165) is 12.5 Å². The van der Waals surface area contributed by atoms with Gasteiger partial charge in [-0.05, 0) is 5.16 Å². The van der Waals surface area contributed by atoms with E-state index < -0.39 is 29.1 Å². The van der Waals surface area contributed by atoms with Gasteiger partial charge < -0.3 is 0 Å². The van der Waals surface area contributed by atoms with E-state index in [1.807, 2.05) is 6.92 Å². The highest BCUT2D eigenvalue weighted by Gasteiger charge is 2.47. The Morgan fingerprint density at radius 2 is 1.82 bits per heavy atom. The second-order valence-corrected chi connectivity index (χ2v) is 13.3. The zero-order chi connectivity index (χ0) is 13.7. The Hall–Kier alpha value is 0.434. The lowest BCUT2D eigenvalue weighted by molar-refractivity contribution is 0.963. The Bertz CT molecular complexity index is 279. The minimum atomic E-state index is -3.24. The van der Waals surface area contributed by atoms with Gasteiger partial charge in [-0.3, -0.25) is 0 Å². The summed E-state index contributed by atoms with van der Waals surface area (Å²) in [6.45, 7) is 1.78. The summed E-state index contributed by atoms with van der Waals surface area (Å²) in [7, 11) is -4.92. The van der Waals surface area contributed by atoms with Crippen molar-refractivity contribution in [2.24, 2.45) is 0 Å². The van der Waals surface area contributed by atoms with E-state index >= 15 is 0 Å². The third kappa shape index (κ3) is 1.62. The van der Waals surface area contributed by atoms with Crippen molar-refractivity contribution >= 4 is 16.1 Å². The molecule has 1 aliphatic heterocycles. The average Bonchev–Trinajstić information content (AvgIpc) is 2.34. The Labute approximate surface area is 81.8 Å². The van der Waals surface area contributed by atoms with Gasteiger partial charge in [-0.2, -0.15) is 0 Å². The fourth-order valence-electron chi connectivity index (χ4n) is 2.44. The zero-order valence-electron chi connectivity index (χ0n) is 13.7. The summed E-state index contributed by atoms with van der Waals surface area (Å²) in [5.74, 6) is 0. The van der Waals surface area contributed by atoms with Gasteiger partial charge >= 0.3 is 0 Å². The van der Waals surface area contributed by atoms with E-state index in [4.69, 9.17) is 8.22 Å². The van der Waals surface area contributed by atoms with Crippen LogP contribution < -0.4 is 0 Å². The fraction of sp³-hybridized carbons (Fsp3) is 1.00. The molecule has 0 bridgehead atoms. The monoisotopic (exact) mass is 192 g/mol. The van der Waals surface area contributed by atoms with Gasteiger partial charge in [0.15, 0.2) is 0 Å². The van der Waals surface area contributed by atoms with Crippen molar-refractivity contribution in [3.05, 3.63) is 0 Å². The molecule has 2 heteroatoms. The standard InChI is InChI=1S/C9H22Si2/c1-6-9-10(2,3)7-8-11(9,4)5/h9H,6-8H2,1-5H3/i2D3,3D3. The summed E-state index contributed by atoms with van der Waals surface area (Å²) in [6, 6.07) is 1.34. The third-order valence-corrected chi connectivity index (χ3v) is 13.9. The lowest BCUT2D eigenvalue weighted by Crippen LogP contribution is -2.37. The van der Waals surface area contributed by atoms with Crippen molar-refractivity contribution in [1.82, 2.24) is 0 Å². The Balaban J connectivity index is 3.37. The fourth-order valence-corrected chi connectivity index (χ4v) is 15.3. The maximum Gasteiger partial charge on any atom is 0.0475 e. The maximum atomic E-state index is 7.80. The Morgan fingerprint density at radius 3 is 2.18 bits per heavy atom. The van der Waals surface area contributed by atoms with Gasteiger partial charge in [0, 0.05) is 24.4 Å². The van der Waals surface area contributed by atoms with Crippen molar-refractivity contribution in [1.29, 1.82) is 0 Å². The van der Waals surface area contributed by atoms with Crippen molar-refractivity contribution in [2.45, 2.75) is 56.6 Å². The summed E-state index contributed by atoms with van der Waals surface area (Å²) in [6.07, 6.45) is 0.724. The number of hydrogen-bond donors (Lipinski definition) is 0. The molecule has 0 aromatic carbocycles. The molecule has 0 spiro atoms. The molecule has 66 valence electrons. The first-order valence-corrected chi connectivity index (χ1v) is 9.97. The van der Waals surface area contributed by atoms with Gasteiger partial charge in [0.1, 0.15) is 0 Å². The lowest BCUT2D eigenvalue weighted by Gasteiger charge is -2.31. The first-order chi connectivity index (χ1) is 7.40. The molecule has 0 saturated carbocycles. The van der Waals surface area contributed by atoms with Crippen molar-refractivity contribution in [3.63, 3.8) is 0 Å². The van der Waals surface area contributed by atoms with Crippen molar-refractivity contribution in [2.75, 3.05) is 0 Å². The van der Waals surface area contributed by atoms with Crippen LogP contribution in [0, 0.1) is 0 Å². The largest absolute Gasteiger partial charge is 0.0694 e. The van der Waals surface area contributed by atoms with Crippen molar-refractivity contribution < 1.29 is 8.22 Å². The molecule has 0 aromatic heterocycles. The minimum Gasteiger partial charge on any atom is -0.0694 e. The van der Waals surface area contributed by atoms with E-state index in [1.54, 1.807) is 0 Å². The number of rotatable bonds is 1. The van der Waals surface area contributed by atoms with Crippen LogP contribution in [0.15, 0.2) is 0 Å². The molecule has 0 aromatic rings. The second-order valence-electron chi connectivity index (χ2n) is 4.42. The molecule has 0 nitrogen and oxygen atoms in total. The first kappa shape index (κ1) is 4.10. The molecular weight excluding hydrogens is 164 g/mol. The molecule has 0 amide bonds. The molecule has 0 N–H and O–H groups in total. The van der Waals surface area contributed by atoms with E-state index in [-0.39, 0.29) is 5.16 Å². The molecule has 0 aliphatic carbocycles. The third-order valence-electron chi connectivity index (χ3n) is 3.11. The lowest BCUT2D eigenvalue weighted by atomic mass is 10.6. The van der Waals surface area contributed by atoms with Gasteiger partial charge in [-0.25, -0.2) is 0 Å². The van der Waals surface area contributed by atoms with Gasteiger partial charge in [0.25, 0.3) is 0 Å². The minimum absolute atomic E-state index is 0.00463. The van der Waals surface area contributed by atoms with E-state index in [1.165, 1.54) is 0 Å². The highest BCUT2D eigenvalue weighted by Crippen LogP contribution is 2.47. The molecule has 1 rings (SSSR count). The normalized spacial score (nSPS) is 44.5. The summed E-state index contributed by atoms with van der Waals surface area (Å²) in [5, 5.41) is -0.00463. The highest BCUT2D eigenvalue weighted by atomic mass is 28.4. The number of hydrogen-bond acceptors (Lipinski definition) is 0. The van der Waals surface area contributed by atoms with Gasteiger partial charge in [0.2, 0.25) is 0 Å². The van der Waals surface area contributed by atoms with Crippen LogP contribution in [0.4, 0.5) is 0 Å².